The molecule has 39 heavy (non-hydrogen) atoms. The molecule has 1 aromatic carbocycles. The summed E-state index contributed by atoms with van der Waals surface area (Å²) in [5.41, 5.74) is 0.997. The van der Waals surface area contributed by atoms with Gasteiger partial charge < -0.3 is 20.1 Å². The lowest BCUT2D eigenvalue weighted by Gasteiger charge is -2.46. The van der Waals surface area contributed by atoms with Gasteiger partial charge in [0.05, 0.1) is 11.7 Å². The number of hydrogen-bond acceptors (Lipinski definition) is 5. The molecule has 4 aliphatic rings. The number of Topliss-reactive ketones (excluding diaryl/α,β-unsaturated/α-hetero) is 2. The molecule has 1 unspecified atom stereocenters. The lowest BCUT2D eigenvalue weighted by Crippen LogP contribution is -2.58. The Morgan fingerprint density at radius 1 is 1.13 bits per heavy atom. The van der Waals surface area contributed by atoms with Gasteiger partial charge in [0.1, 0.15) is 17.3 Å². The van der Waals surface area contributed by atoms with Crippen molar-refractivity contribution in [3.05, 3.63) is 59.8 Å². The summed E-state index contributed by atoms with van der Waals surface area (Å²) in [5, 5.41) is 15.0. The third-order valence-corrected chi connectivity index (χ3v) is 10.1. The summed E-state index contributed by atoms with van der Waals surface area (Å²) in [4.78, 5) is 44.7. The monoisotopic (exact) mass is 530 g/mol. The maximum Gasteiger partial charge on any atom is 0.235 e. The number of rotatable bonds is 2. The SMILES string of the molecule is C/C1=C\[C@@H](C)C/C=C/[C@H]2[C@@H]3O[C@]3(C)[C@@H](C)[C@H]3C(Cc4c[nH]c5ccccc45)NC(=O)[C@]32C(=O)CCC(=O)[C@H]1O. The third kappa shape index (κ3) is 3.88. The minimum absolute atomic E-state index is 0.0509. The van der Waals surface area contributed by atoms with Crippen LogP contribution in [0, 0.1) is 29.1 Å². The van der Waals surface area contributed by atoms with Crippen LogP contribution in [0.25, 0.3) is 10.9 Å². The molecule has 2 aliphatic carbocycles. The first-order chi connectivity index (χ1) is 18.6. The lowest BCUT2D eigenvalue weighted by atomic mass is 9.51. The number of H-pyrrole nitrogens is 1. The first-order valence-corrected chi connectivity index (χ1v) is 14.2. The second kappa shape index (κ2) is 9.27. The summed E-state index contributed by atoms with van der Waals surface area (Å²) >= 11 is 0. The van der Waals surface area contributed by atoms with Crippen LogP contribution in [0.3, 0.4) is 0 Å². The number of carbonyl (C=O) groups excluding carboxylic acids is 3. The molecule has 2 aromatic rings. The molecule has 3 fully saturated rings. The number of para-hydroxylation sites is 1. The smallest absolute Gasteiger partial charge is 0.235 e. The van der Waals surface area contributed by atoms with Gasteiger partial charge >= 0.3 is 0 Å². The molecule has 3 heterocycles. The first-order valence-electron chi connectivity index (χ1n) is 14.2. The molecule has 6 rings (SSSR count). The zero-order valence-electron chi connectivity index (χ0n) is 23.1. The van der Waals surface area contributed by atoms with Crippen molar-refractivity contribution in [1.29, 1.82) is 0 Å². The zero-order valence-corrected chi connectivity index (χ0v) is 23.1. The van der Waals surface area contributed by atoms with Crippen molar-refractivity contribution in [2.45, 2.75) is 77.2 Å². The normalized spacial score (nSPS) is 42.6. The van der Waals surface area contributed by atoms with Crippen LogP contribution in [0.1, 0.15) is 52.5 Å². The Kier molecular flexibility index (Phi) is 6.23. The minimum Gasteiger partial charge on any atom is -0.381 e. The van der Waals surface area contributed by atoms with Crippen LogP contribution in [0.5, 0.6) is 0 Å². The number of ether oxygens (including phenoxy) is 1. The van der Waals surface area contributed by atoms with Crippen molar-refractivity contribution in [2.75, 3.05) is 0 Å². The van der Waals surface area contributed by atoms with E-state index in [1.54, 1.807) is 6.92 Å². The number of nitrogens with one attached hydrogen (secondary N) is 2. The zero-order chi connectivity index (χ0) is 27.7. The predicted molar refractivity (Wildman–Crippen MR) is 148 cm³/mol. The van der Waals surface area contributed by atoms with Crippen molar-refractivity contribution in [3.8, 4) is 0 Å². The van der Waals surface area contributed by atoms with Gasteiger partial charge in [0.25, 0.3) is 0 Å². The molecular weight excluding hydrogens is 492 g/mol. The third-order valence-electron chi connectivity index (χ3n) is 10.1. The van der Waals surface area contributed by atoms with Crippen LogP contribution in [0.2, 0.25) is 0 Å². The number of hydrogen-bond donors (Lipinski definition) is 3. The molecule has 1 aromatic heterocycles. The van der Waals surface area contributed by atoms with Gasteiger partial charge in [-0.1, -0.05) is 50.3 Å². The van der Waals surface area contributed by atoms with Gasteiger partial charge in [-0.05, 0) is 55.7 Å². The summed E-state index contributed by atoms with van der Waals surface area (Å²) in [7, 11) is 0. The number of aromatic amines is 1. The Morgan fingerprint density at radius 2 is 1.90 bits per heavy atom. The molecule has 0 bridgehead atoms. The van der Waals surface area contributed by atoms with Gasteiger partial charge in [-0.15, -0.1) is 0 Å². The Balaban J connectivity index is 1.43. The molecule has 2 aliphatic heterocycles. The predicted octanol–water partition coefficient (Wildman–Crippen LogP) is 4.06. The second-order valence-electron chi connectivity index (χ2n) is 12.4. The standard InChI is InChI=1S/C32H38N2O5/c1-17-8-7-10-22-29-31(4,39-29)19(3)27-24(15-20-16-33-23-11-6-5-9-21(20)23)34-30(38)32(22,27)26(36)13-12-25(35)28(37)18(2)14-17/h5-7,9-11,14,16-17,19,22,24,27-29,33,37H,8,12-13,15H2,1-4H3,(H,34,38)/b10-7+,18-14+/t17-,19-,22-,24?,27-,28-,29-,31+,32+/m0/s1. The highest BCUT2D eigenvalue weighted by Crippen LogP contribution is 2.66. The van der Waals surface area contributed by atoms with Crippen molar-refractivity contribution in [1.82, 2.24) is 10.3 Å². The Hall–Kier alpha value is -3.03. The molecule has 3 N–H and O–H groups in total. The Labute approximate surface area is 229 Å². The highest BCUT2D eigenvalue weighted by Gasteiger charge is 2.78. The molecule has 206 valence electrons. The van der Waals surface area contributed by atoms with Crippen LogP contribution >= 0.6 is 0 Å². The molecule has 1 amide bonds. The molecule has 7 heteroatoms. The number of allylic oxidation sites excluding steroid dienone is 2. The van der Waals surface area contributed by atoms with Gasteiger partial charge in [0.15, 0.2) is 5.78 Å². The van der Waals surface area contributed by atoms with Crippen LogP contribution in [-0.4, -0.2) is 51.4 Å². The fourth-order valence-corrected chi connectivity index (χ4v) is 7.94. The molecule has 7 nitrogen and oxygen atoms in total. The molecular formula is C32H38N2O5. The maximum absolute atomic E-state index is 14.3. The van der Waals surface area contributed by atoms with Crippen LogP contribution in [0.15, 0.2) is 54.3 Å². The van der Waals surface area contributed by atoms with E-state index in [0.717, 1.165) is 16.5 Å². The highest BCUT2D eigenvalue weighted by atomic mass is 16.6. The van der Waals surface area contributed by atoms with Crippen LogP contribution in [0.4, 0.5) is 0 Å². The van der Waals surface area contributed by atoms with Gasteiger partial charge in [-0.2, -0.15) is 0 Å². The quantitative estimate of drug-likeness (QED) is 0.308. The summed E-state index contributed by atoms with van der Waals surface area (Å²) in [5.74, 6) is -1.54. The van der Waals surface area contributed by atoms with E-state index >= 15 is 0 Å². The number of carbonyl (C=O) groups is 3. The summed E-state index contributed by atoms with van der Waals surface area (Å²) in [6.45, 7) is 8.00. The van der Waals surface area contributed by atoms with Gasteiger partial charge in [0.2, 0.25) is 5.91 Å². The van der Waals surface area contributed by atoms with Crippen molar-refractivity contribution >= 4 is 28.4 Å². The van der Waals surface area contributed by atoms with Crippen molar-refractivity contribution in [2.24, 2.45) is 29.1 Å². The van der Waals surface area contributed by atoms with E-state index in [0.29, 0.717) is 18.4 Å². The number of epoxide rings is 1. The highest BCUT2D eigenvalue weighted by molar-refractivity contribution is 6.10. The van der Waals surface area contributed by atoms with E-state index in [1.807, 2.05) is 43.5 Å². The van der Waals surface area contributed by atoms with Gasteiger partial charge in [-0.25, -0.2) is 0 Å². The largest absolute Gasteiger partial charge is 0.381 e. The fourth-order valence-electron chi connectivity index (χ4n) is 7.94. The number of fused-ring (bicyclic) bond motifs is 3. The van der Waals surface area contributed by atoms with E-state index in [1.165, 1.54) is 0 Å². The Morgan fingerprint density at radius 3 is 2.69 bits per heavy atom. The van der Waals surface area contributed by atoms with Crippen molar-refractivity contribution in [3.63, 3.8) is 0 Å². The second-order valence-corrected chi connectivity index (χ2v) is 12.4. The topological polar surface area (TPSA) is 112 Å². The fraction of sp³-hybridized carbons (Fsp3) is 0.531. The summed E-state index contributed by atoms with van der Waals surface area (Å²) in [6, 6.07) is 7.84. The van der Waals surface area contributed by atoms with E-state index in [2.05, 4.69) is 36.3 Å². The first kappa shape index (κ1) is 26.2. The number of ketones is 2. The molecule has 1 spiro atoms. The number of benzene rings is 1. The van der Waals surface area contributed by atoms with Crippen molar-refractivity contribution < 1.29 is 24.2 Å². The average molecular weight is 531 g/mol. The van der Waals surface area contributed by atoms with Crippen LogP contribution in [-0.2, 0) is 25.5 Å². The van der Waals surface area contributed by atoms with E-state index in [4.69, 9.17) is 4.74 Å². The van der Waals surface area contributed by atoms with Crippen LogP contribution < -0.4 is 5.32 Å². The van der Waals surface area contributed by atoms with E-state index in [9.17, 15) is 19.5 Å². The van der Waals surface area contributed by atoms with Gasteiger partial charge in [-0.3, -0.25) is 14.4 Å². The average Bonchev–Trinajstić information content (AvgIpc) is 3.31. The van der Waals surface area contributed by atoms with Gasteiger partial charge in [0, 0.05) is 47.8 Å². The Bertz CT molecular complexity index is 1410. The number of aliphatic hydroxyl groups excluding tert-OH is 1. The molecule has 2 saturated heterocycles. The van der Waals surface area contributed by atoms with E-state index in [-0.39, 0.29) is 60.2 Å². The molecule has 1 saturated carbocycles. The summed E-state index contributed by atoms with van der Waals surface area (Å²) in [6.07, 6.45) is 7.62. The number of aromatic nitrogens is 1. The number of amides is 1. The van der Waals surface area contributed by atoms with E-state index < -0.39 is 23.0 Å². The minimum atomic E-state index is -1.32. The maximum atomic E-state index is 14.3. The number of aliphatic hydroxyl groups is 1. The molecule has 9 atom stereocenters. The summed E-state index contributed by atoms with van der Waals surface area (Å²) < 4.78 is 6.35. The lowest BCUT2D eigenvalue weighted by molar-refractivity contribution is -0.149. The molecule has 0 radical (unpaired) electrons.